The Bertz CT molecular complexity index is 1600. The number of nitrogens with one attached hydrogen (secondary N) is 1. The largest absolute Gasteiger partial charge is 0.324 e. The van der Waals surface area contributed by atoms with Gasteiger partial charge in [-0.15, -0.1) is 11.3 Å². The molecule has 36 heavy (non-hydrogen) atoms. The second-order valence-electron chi connectivity index (χ2n) is 8.83. The van der Waals surface area contributed by atoms with E-state index in [9.17, 15) is 18.0 Å². The van der Waals surface area contributed by atoms with Gasteiger partial charge in [-0.2, -0.15) is 0 Å². The number of aryl methyl sites for hydroxylation is 2. The van der Waals surface area contributed by atoms with Gasteiger partial charge in [-0.3, -0.25) is 14.2 Å². The topological polar surface area (TPSA) is 101 Å². The Balaban J connectivity index is 1.67. The van der Waals surface area contributed by atoms with Crippen molar-refractivity contribution in [1.82, 2.24) is 13.9 Å². The minimum Gasteiger partial charge on any atom is -0.324 e. The molecule has 2 aromatic carbocycles. The van der Waals surface area contributed by atoms with Crippen LogP contribution in [-0.2, 0) is 14.8 Å². The number of hydrogen-bond acceptors (Lipinski definition) is 6. The first-order valence-corrected chi connectivity index (χ1v) is 13.8. The van der Waals surface area contributed by atoms with E-state index >= 15 is 0 Å². The zero-order valence-corrected chi connectivity index (χ0v) is 22.4. The fraction of sp³-hybridized carbons (Fsp3) is 0.269. The predicted octanol–water partition coefficient (Wildman–Crippen LogP) is 4.58. The van der Waals surface area contributed by atoms with Crippen molar-refractivity contribution in [2.24, 2.45) is 0 Å². The number of sulfonamides is 1. The summed E-state index contributed by atoms with van der Waals surface area (Å²) in [6.45, 7) is 5.86. The first kappa shape index (κ1) is 25.7. The Hall–Kier alpha value is -3.34. The molecule has 8 nitrogen and oxygen atoms in total. The molecule has 0 spiro atoms. The smallest absolute Gasteiger partial charge is 0.263 e. The predicted molar refractivity (Wildman–Crippen MR) is 144 cm³/mol. The highest BCUT2D eigenvalue weighted by atomic mass is 32.2. The number of rotatable bonds is 7. The first-order valence-electron chi connectivity index (χ1n) is 11.4. The quantitative estimate of drug-likeness (QED) is 0.381. The van der Waals surface area contributed by atoms with Gasteiger partial charge in [0.25, 0.3) is 5.56 Å². The van der Waals surface area contributed by atoms with E-state index in [4.69, 9.17) is 0 Å². The highest BCUT2D eigenvalue weighted by Gasteiger charge is 2.24. The lowest BCUT2D eigenvalue weighted by molar-refractivity contribution is -0.119. The summed E-state index contributed by atoms with van der Waals surface area (Å²) in [6.07, 6.45) is 1.79. The number of fused-ring (bicyclic) bond motifs is 1. The van der Waals surface area contributed by atoms with Gasteiger partial charge in [-0.05, 0) is 55.7 Å². The zero-order chi connectivity index (χ0) is 26.2. The number of carbonyl (C=O) groups excluding carboxylic acids is 1. The van der Waals surface area contributed by atoms with Crippen LogP contribution in [0.3, 0.4) is 0 Å². The molecule has 0 saturated carbocycles. The van der Waals surface area contributed by atoms with Crippen LogP contribution >= 0.6 is 11.3 Å². The molecule has 0 bridgehead atoms. The molecule has 2 heterocycles. The van der Waals surface area contributed by atoms with E-state index in [1.54, 1.807) is 0 Å². The van der Waals surface area contributed by atoms with Gasteiger partial charge >= 0.3 is 0 Å². The number of aromatic nitrogens is 2. The molecule has 0 aliphatic carbocycles. The number of hydrogen-bond donors (Lipinski definition) is 1. The fourth-order valence-corrected chi connectivity index (χ4v) is 5.94. The molecule has 0 aliphatic heterocycles. The first-order chi connectivity index (χ1) is 17.0. The maximum absolute atomic E-state index is 13.6. The van der Waals surface area contributed by atoms with Crippen molar-refractivity contribution in [2.75, 3.05) is 19.4 Å². The van der Waals surface area contributed by atoms with E-state index in [1.165, 1.54) is 60.6 Å². The van der Waals surface area contributed by atoms with E-state index in [0.717, 1.165) is 26.6 Å². The fourth-order valence-electron chi connectivity index (χ4n) is 4.14. The molecular weight excluding hydrogens is 496 g/mol. The average molecular weight is 525 g/mol. The van der Waals surface area contributed by atoms with Crippen LogP contribution < -0.4 is 10.9 Å². The number of nitrogens with zero attached hydrogens (tertiary/aromatic N) is 3. The lowest BCUT2D eigenvalue weighted by Gasteiger charge is -2.18. The minimum absolute atomic E-state index is 0.125. The van der Waals surface area contributed by atoms with Gasteiger partial charge in [0.15, 0.2) is 0 Å². The van der Waals surface area contributed by atoms with Crippen LogP contribution in [0, 0.1) is 13.8 Å². The van der Waals surface area contributed by atoms with Crippen LogP contribution in [0.4, 0.5) is 5.69 Å². The van der Waals surface area contributed by atoms with Crippen molar-refractivity contribution < 1.29 is 13.2 Å². The third kappa shape index (κ3) is 4.71. The van der Waals surface area contributed by atoms with Crippen LogP contribution in [0.1, 0.15) is 30.5 Å². The van der Waals surface area contributed by atoms with Gasteiger partial charge in [-0.25, -0.2) is 17.7 Å². The maximum Gasteiger partial charge on any atom is 0.263 e. The van der Waals surface area contributed by atoms with Crippen LogP contribution in [-0.4, -0.2) is 42.3 Å². The lowest BCUT2D eigenvalue weighted by atomic mass is 9.99. The third-order valence-electron chi connectivity index (χ3n) is 6.12. The summed E-state index contributed by atoms with van der Waals surface area (Å²) >= 11 is 1.40. The highest BCUT2D eigenvalue weighted by Crippen LogP contribution is 2.33. The number of carbonyl (C=O) groups is 1. The second-order valence-corrected chi connectivity index (χ2v) is 11.8. The normalized spacial score (nSPS) is 12.7. The Morgan fingerprint density at radius 3 is 2.42 bits per heavy atom. The molecule has 10 heteroatoms. The SMILES string of the molecule is CCC(C(=O)Nc1ccc(S(=O)(=O)N(C)C)cc1)n1cnc2scc(-c3ccc(C)cc3C)c2c1=O. The van der Waals surface area contributed by atoms with Crippen molar-refractivity contribution in [1.29, 1.82) is 0 Å². The molecule has 0 radical (unpaired) electrons. The van der Waals surface area contributed by atoms with E-state index < -0.39 is 16.1 Å². The monoisotopic (exact) mass is 524 g/mol. The summed E-state index contributed by atoms with van der Waals surface area (Å²) < 4.78 is 27.1. The van der Waals surface area contributed by atoms with Crippen LogP contribution in [0.2, 0.25) is 0 Å². The summed E-state index contributed by atoms with van der Waals surface area (Å²) in [5.41, 5.74) is 4.15. The van der Waals surface area contributed by atoms with Crippen molar-refractivity contribution in [3.05, 3.63) is 75.7 Å². The summed E-state index contributed by atoms with van der Waals surface area (Å²) in [5, 5.41) is 5.23. The van der Waals surface area contributed by atoms with Crippen LogP contribution in [0.25, 0.3) is 21.3 Å². The van der Waals surface area contributed by atoms with Gasteiger partial charge in [0.05, 0.1) is 16.6 Å². The molecule has 188 valence electrons. The summed E-state index contributed by atoms with van der Waals surface area (Å²) in [6, 6.07) is 11.2. The van der Waals surface area contributed by atoms with Crippen LogP contribution in [0.15, 0.2) is 63.9 Å². The average Bonchev–Trinajstić information content (AvgIpc) is 3.26. The molecule has 4 aromatic rings. The van der Waals surface area contributed by atoms with E-state index in [2.05, 4.69) is 16.4 Å². The molecule has 1 atom stereocenters. The molecule has 2 aromatic heterocycles. The minimum atomic E-state index is -3.57. The van der Waals surface area contributed by atoms with Crippen molar-refractivity contribution >= 4 is 43.2 Å². The molecular formula is C26H28N4O4S2. The lowest BCUT2D eigenvalue weighted by Crippen LogP contribution is -2.33. The summed E-state index contributed by atoms with van der Waals surface area (Å²) in [4.78, 5) is 32.0. The number of amides is 1. The van der Waals surface area contributed by atoms with Crippen molar-refractivity contribution in [2.45, 2.75) is 38.1 Å². The van der Waals surface area contributed by atoms with Crippen LogP contribution in [0.5, 0.6) is 0 Å². The van der Waals surface area contributed by atoms with Gasteiger partial charge in [0, 0.05) is 30.7 Å². The summed E-state index contributed by atoms with van der Waals surface area (Å²) in [7, 11) is -0.658. The van der Waals surface area contributed by atoms with Gasteiger partial charge in [0.1, 0.15) is 10.9 Å². The molecule has 0 fully saturated rings. The second kappa shape index (κ2) is 9.96. The van der Waals surface area contributed by atoms with E-state index in [0.29, 0.717) is 22.3 Å². The third-order valence-corrected chi connectivity index (χ3v) is 8.83. The molecule has 1 unspecified atom stereocenters. The number of thiophene rings is 1. The number of anilines is 1. The van der Waals surface area contributed by atoms with Gasteiger partial charge in [-0.1, -0.05) is 30.7 Å². The zero-order valence-electron chi connectivity index (χ0n) is 20.8. The molecule has 4 rings (SSSR count). The molecule has 1 N–H and O–H groups in total. The molecule has 1 amide bonds. The Labute approximate surface area is 214 Å². The molecule has 0 aliphatic rings. The Morgan fingerprint density at radius 1 is 1.11 bits per heavy atom. The maximum atomic E-state index is 13.6. The molecule has 0 saturated heterocycles. The standard InChI is InChI=1S/C26H28N4O4S2/c1-6-22(24(31)28-18-8-10-19(11-9-18)36(33,34)29(4)5)30-15-27-25-23(26(30)32)21(14-35-25)20-12-7-16(2)13-17(20)3/h7-15,22H,6H2,1-5H3,(H,28,31). The Kier molecular flexibility index (Phi) is 7.12. The highest BCUT2D eigenvalue weighted by molar-refractivity contribution is 7.89. The Morgan fingerprint density at radius 2 is 1.81 bits per heavy atom. The van der Waals surface area contributed by atoms with E-state index in [1.807, 2.05) is 38.3 Å². The van der Waals surface area contributed by atoms with Gasteiger partial charge in [0.2, 0.25) is 15.9 Å². The number of benzene rings is 2. The van der Waals surface area contributed by atoms with Gasteiger partial charge < -0.3 is 5.32 Å². The van der Waals surface area contributed by atoms with Crippen molar-refractivity contribution in [3.8, 4) is 11.1 Å². The van der Waals surface area contributed by atoms with E-state index in [-0.39, 0.29) is 16.4 Å². The summed E-state index contributed by atoms with van der Waals surface area (Å²) in [5.74, 6) is -0.382. The van der Waals surface area contributed by atoms with Crippen molar-refractivity contribution in [3.63, 3.8) is 0 Å².